The van der Waals surface area contributed by atoms with Crippen LogP contribution in [0, 0.1) is 13.8 Å². The fourth-order valence-electron chi connectivity index (χ4n) is 3.25. The topological polar surface area (TPSA) is 15.3 Å². The number of hydrogen-bond acceptors (Lipinski definition) is 2. The molecule has 0 amide bonds. The summed E-state index contributed by atoms with van der Waals surface area (Å²) in [6, 6.07) is 7.01. The first-order valence-corrected chi connectivity index (χ1v) is 7.94. The number of nitrogens with one attached hydrogen (secondary N) is 1. The Morgan fingerprint density at radius 1 is 1.10 bits per heavy atom. The summed E-state index contributed by atoms with van der Waals surface area (Å²) in [4.78, 5) is 2.54. The molecule has 1 atom stereocenters. The maximum absolute atomic E-state index is 3.71. The maximum atomic E-state index is 3.71. The van der Waals surface area contributed by atoms with Crippen molar-refractivity contribution < 1.29 is 0 Å². The van der Waals surface area contributed by atoms with Gasteiger partial charge in [-0.05, 0) is 64.0 Å². The molecule has 0 aromatic heterocycles. The third-order valence-electron chi connectivity index (χ3n) is 4.65. The molecule has 1 N–H and O–H groups in total. The molecule has 2 heteroatoms. The van der Waals surface area contributed by atoms with Crippen LogP contribution in [0.15, 0.2) is 18.2 Å². The second kappa shape index (κ2) is 7.24. The van der Waals surface area contributed by atoms with Crippen LogP contribution in [0.3, 0.4) is 0 Å². The molecule has 0 spiro atoms. The second-order valence-electron chi connectivity index (χ2n) is 6.11. The lowest BCUT2D eigenvalue weighted by molar-refractivity contribution is 0.0916. The van der Waals surface area contributed by atoms with E-state index in [4.69, 9.17) is 0 Å². The van der Waals surface area contributed by atoms with Crippen molar-refractivity contribution in [2.75, 3.05) is 19.6 Å². The van der Waals surface area contributed by atoms with E-state index >= 15 is 0 Å². The highest BCUT2D eigenvalue weighted by Crippen LogP contribution is 2.33. The SMILES string of the molecule is CCNC(c1cccc(C)c1C)C(C)(C)N(CC)CC. The van der Waals surface area contributed by atoms with Crippen LogP contribution in [0.2, 0.25) is 0 Å². The molecule has 20 heavy (non-hydrogen) atoms. The summed E-state index contributed by atoms with van der Waals surface area (Å²) in [5.41, 5.74) is 4.32. The number of rotatable bonds is 7. The van der Waals surface area contributed by atoms with Gasteiger partial charge in [0, 0.05) is 5.54 Å². The molecule has 0 heterocycles. The first kappa shape index (κ1) is 17.2. The van der Waals surface area contributed by atoms with Gasteiger partial charge in [-0.1, -0.05) is 39.0 Å². The van der Waals surface area contributed by atoms with Gasteiger partial charge in [0.25, 0.3) is 0 Å². The molecule has 1 aromatic rings. The Balaban J connectivity index is 3.26. The van der Waals surface area contributed by atoms with Gasteiger partial charge in [0.15, 0.2) is 0 Å². The van der Waals surface area contributed by atoms with Crippen LogP contribution in [-0.2, 0) is 0 Å². The quantitative estimate of drug-likeness (QED) is 0.807. The highest BCUT2D eigenvalue weighted by Gasteiger charge is 2.35. The van der Waals surface area contributed by atoms with Gasteiger partial charge >= 0.3 is 0 Å². The Hall–Kier alpha value is -0.860. The monoisotopic (exact) mass is 276 g/mol. The first-order chi connectivity index (χ1) is 9.39. The van der Waals surface area contributed by atoms with Crippen LogP contribution in [-0.4, -0.2) is 30.1 Å². The van der Waals surface area contributed by atoms with E-state index in [-0.39, 0.29) is 5.54 Å². The van der Waals surface area contributed by atoms with E-state index in [1.807, 2.05) is 0 Å². The van der Waals surface area contributed by atoms with E-state index in [9.17, 15) is 0 Å². The lowest BCUT2D eigenvalue weighted by Gasteiger charge is -2.44. The zero-order chi connectivity index (χ0) is 15.3. The largest absolute Gasteiger partial charge is 0.309 e. The van der Waals surface area contributed by atoms with Crippen LogP contribution < -0.4 is 5.32 Å². The molecule has 0 fully saturated rings. The first-order valence-electron chi connectivity index (χ1n) is 7.94. The van der Waals surface area contributed by atoms with E-state index in [0.717, 1.165) is 19.6 Å². The maximum Gasteiger partial charge on any atom is 0.0504 e. The minimum atomic E-state index is 0.0953. The molecule has 0 saturated carbocycles. The Bertz CT molecular complexity index is 419. The van der Waals surface area contributed by atoms with E-state index in [1.165, 1.54) is 16.7 Å². The molecular weight excluding hydrogens is 244 g/mol. The van der Waals surface area contributed by atoms with Gasteiger partial charge in [0.2, 0.25) is 0 Å². The summed E-state index contributed by atoms with van der Waals surface area (Å²) in [7, 11) is 0. The van der Waals surface area contributed by atoms with Crippen LogP contribution in [0.5, 0.6) is 0 Å². The van der Waals surface area contributed by atoms with Gasteiger partial charge in [-0.25, -0.2) is 0 Å². The lowest BCUT2D eigenvalue weighted by atomic mass is 9.83. The highest BCUT2D eigenvalue weighted by molar-refractivity contribution is 5.37. The predicted molar refractivity (Wildman–Crippen MR) is 89.3 cm³/mol. The molecule has 1 unspecified atom stereocenters. The predicted octanol–water partition coefficient (Wildman–Crippen LogP) is 4.07. The molecule has 0 aliphatic heterocycles. The lowest BCUT2D eigenvalue weighted by Crippen LogP contribution is -2.52. The van der Waals surface area contributed by atoms with Gasteiger partial charge in [-0.3, -0.25) is 4.90 Å². The van der Waals surface area contributed by atoms with Crippen LogP contribution >= 0.6 is 0 Å². The van der Waals surface area contributed by atoms with Crippen LogP contribution in [0.25, 0.3) is 0 Å². The van der Waals surface area contributed by atoms with Crippen molar-refractivity contribution in [1.29, 1.82) is 0 Å². The van der Waals surface area contributed by atoms with Crippen LogP contribution in [0.1, 0.15) is 57.4 Å². The number of hydrogen-bond donors (Lipinski definition) is 1. The van der Waals surface area contributed by atoms with E-state index in [2.05, 4.69) is 76.9 Å². The van der Waals surface area contributed by atoms with Crippen LogP contribution in [0.4, 0.5) is 0 Å². The average molecular weight is 276 g/mol. The summed E-state index contributed by atoms with van der Waals surface area (Å²) in [5.74, 6) is 0. The van der Waals surface area contributed by atoms with Crippen molar-refractivity contribution in [1.82, 2.24) is 10.2 Å². The fourth-order valence-corrected chi connectivity index (χ4v) is 3.25. The fraction of sp³-hybridized carbons (Fsp3) is 0.667. The number of likely N-dealkylation sites (N-methyl/N-ethyl adjacent to an activating group) is 2. The number of aryl methyl sites for hydroxylation is 1. The Morgan fingerprint density at radius 3 is 2.20 bits per heavy atom. The van der Waals surface area contributed by atoms with Crippen molar-refractivity contribution in [2.24, 2.45) is 0 Å². The Morgan fingerprint density at radius 2 is 1.70 bits per heavy atom. The molecular formula is C18H32N2. The van der Waals surface area contributed by atoms with Crippen molar-refractivity contribution in [3.8, 4) is 0 Å². The molecule has 2 nitrogen and oxygen atoms in total. The summed E-state index contributed by atoms with van der Waals surface area (Å²) in [6.45, 7) is 19.0. The average Bonchev–Trinajstić information content (AvgIpc) is 2.40. The number of benzene rings is 1. The van der Waals surface area contributed by atoms with Gasteiger partial charge in [-0.15, -0.1) is 0 Å². The summed E-state index contributed by atoms with van der Waals surface area (Å²) in [5, 5.41) is 3.71. The van der Waals surface area contributed by atoms with Crippen molar-refractivity contribution in [3.05, 3.63) is 34.9 Å². The summed E-state index contributed by atoms with van der Waals surface area (Å²) < 4.78 is 0. The summed E-state index contributed by atoms with van der Waals surface area (Å²) in [6.07, 6.45) is 0. The van der Waals surface area contributed by atoms with Crippen molar-refractivity contribution >= 4 is 0 Å². The highest BCUT2D eigenvalue weighted by atomic mass is 15.2. The normalized spacial score (nSPS) is 13.8. The van der Waals surface area contributed by atoms with E-state index < -0.39 is 0 Å². The molecule has 0 saturated heterocycles. The molecule has 114 valence electrons. The van der Waals surface area contributed by atoms with E-state index in [0.29, 0.717) is 6.04 Å². The zero-order valence-electron chi connectivity index (χ0n) is 14.4. The molecule has 0 bridgehead atoms. The zero-order valence-corrected chi connectivity index (χ0v) is 14.4. The second-order valence-corrected chi connectivity index (χ2v) is 6.11. The van der Waals surface area contributed by atoms with Gasteiger partial charge in [0.05, 0.1) is 6.04 Å². The third-order valence-corrected chi connectivity index (χ3v) is 4.65. The third kappa shape index (κ3) is 3.42. The molecule has 1 rings (SSSR count). The molecule has 0 aliphatic rings. The van der Waals surface area contributed by atoms with E-state index in [1.54, 1.807) is 0 Å². The summed E-state index contributed by atoms with van der Waals surface area (Å²) >= 11 is 0. The minimum Gasteiger partial charge on any atom is -0.309 e. The van der Waals surface area contributed by atoms with Crippen molar-refractivity contribution in [3.63, 3.8) is 0 Å². The van der Waals surface area contributed by atoms with Gasteiger partial charge in [0.1, 0.15) is 0 Å². The smallest absolute Gasteiger partial charge is 0.0504 e. The number of nitrogens with zero attached hydrogens (tertiary/aromatic N) is 1. The molecule has 0 aliphatic carbocycles. The molecule has 0 radical (unpaired) electrons. The minimum absolute atomic E-state index is 0.0953. The van der Waals surface area contributed by atoms with Gasteiger partial charge < -0.3 is 5.32 Å². The van der Waals surface area contributed by atoms with Crippen molar-refractivity contribution in [2.45, 2.75) is 60.0 Å². The Labute approximate surface area is 125 Å². The Kier molecular flexibility index (Phi) is 6.22. The van der Waals surface area contributed by atoms with Gasteiger partial charge in [-0.2, -0.15) is 0 Å². The molecule has 1 aromatic carbocycles. The standard InChI is InChI=1S/C18H32N2/c1-8-19-17(18(6,7)20(9-2)10-3)16-13-11-12-14(4)15(16)5/h11-13,17,19H,8-10H2,1-7H3.